The highest BCUT2D eigenvalue weighted by molar-refractivity contribution is 5.93. The summed E-state index contributed by atoms with van der Waals surface area (Å²) in [6.07, 6.45) is 7.28. The van der Waals surface area contributed by atoms with Gasteiger partial charge in [-0.15, -0.1) is 0 Å². The van der Waals surface area contributed by atoms with Crippen molar-refractivity contribution in [2.75, 3.05) is 38.6 Å². The molecule has 0 radical (unpaired) electrons. The predicted molar refractivity (Wildman–Crippen MR) is 147 cm³/mol. The molecule has 2 aliphatic carbocycles. The predicted octanol–water partition coefficient (Wildman–Crippen LogP) is 4.66. The Morgan fingerprint density at radius 1 is 1.21 bits per heavy atom. The van der Waals surface area contributed by atoms with Crippen LogP contribution in [0, 0.1) is 5.41 Å². The molecule has 3 aliphatic rings. The molecule has 38 heavy (non-hydrogen) atoms. The highest BCUT2D eigenvalue weighted by Gasteiger charge is 2.47. The highest BCUT2D eigenvalue weighted by Crippen LogP contribution is 2.56. The van der Waals surface area contributed by atoms with E-state index in [0.29, 0.717) is 36.4 Å². The first kappa shape index (κ1) is 24.8. The maximum atomic E-state index is 13.0. The molecule has 1 aromatic heterocycles. The number of nitrogens with zero attached hydrogens (tertiary/aromatic N) is 3. The summed E-state index contributed by atoms with van der Waals surface area (Å²) < 4.78 is 19.1. The quantitative estimate of drug-likeness (QED) is 0.319. The standard InChI is InChI=1S/C30H34FN5O2/c1-19(31)28(37)33-13-12-32-27-24-9-8-20(23-7-3-5-21-16-30(10-11-30)17-25(21)23)15-26(24)34-29(35-27)38-18-22-6-4-14-36(22)2/h3,5,7-9,15,22H,1,4,6,10-14,16-18H2,2H3,(H,33,37)(H,32,34,35)/t22-/m0/s1. The summed E-state index contributed by atoms with van der Waals surface area (Å²) in [6.45, 7) is 5.23. The molecular formula is C30H34FN5O2. The number of likely N-dealkylation sites (N-methyl/N-ethyl adjacent to an activating group) is 1. The lowest BCUT2D eigenvalue weighted by Gasteiger charge is -2.19. The number of carbonyl (C=O) groups excluding carboxylic acids is 1. The first-order valence-corrected chi connectivity index (χ1v) is 13.5. The second-order valence-electron chi connectivity index (χ2n) is 11.1. The fraction of sp³-hybridized carbons (Fsp3) is 0.433. The third-order valence-corrected chi connectivity index (χ3v) is 8.36. The molecule has 8 heteroatoms. The molecule has 198 valence electrons. The van der Waals surface area contributed by atoms with Crippen molar-refractivity contribution in [3.05, 3.63) is 59.9 Å². The van der Waals surface area contributed by atoms with Gasteiger partial charge in [-0.25, -0.2) is 4.39 Å². The molecule has 2 aromatic carbocycles. The van der Waals surface area contributed by atoms with Crippen LogP contribution in [0.25, 0.3) is 22.0 Å². The number of amides is 1. The smallest absolute Gasteiger partial charge is 0.318 e. The van der Waals surface area contributed by atoms with Crippen LogP contribution in [0.15, 0.2) is 48.8 Å². The van der Waals surface area contributed by atoms with E-state index in [9.17, 15) is 9.18 Å². The average molecular weight is 516 g/mol. The maximum absolute atomic E-state index is 13.0. The van der Waals surface area contributed by atoms with Crippen LogP contribution >= 0.6 is 0 Å². The number of benzene rings is 2. The Kier molecular flexibility index (Phi) is 6.51. The molecule has 0 unspecified atom stereocenters. The van der Waals surface area contributed by atoms with Crippen LogP contribution < -0.4 is 15.4 Å². The molecule has 7 nitrogen and oxygen atoms in total. The van der Waals surface area contributed by atoms with Gasteiger partial charge in [0, 0.05) is 24.5 Å². The zero-order valence-electron chi connectivity index (χ0n) is 21.9. The molecule has 1 aliphatic heterocycles. The number of nitrogens with one attached hydrogen (secondary N) is 2. The molecule has 1 spiro atoms. The average Bonchev–Trinajstić information content (AvgIpc) is 3.35. The summed E-state index contributed by atoms with van der Waals surface area (Å²) in [5.41, 5.74) is 6.69. The van der Waals surface area contributed by atoms with Crippen LogP contribution in [0.3, 0.4) is 0 Å². The van der Waals surface area contributed by atoms with E-state index in [4.69, 9.17) is 9.72 Å². The van der Waals surface area contributed by atoms with Gasteiger partial charge < -0.3 is 20.3 Å². The van der Waals surface area contributed by atoms with E-state index in [0.717, 1.165) is 35.9 Å². The Hall–Kier alpha value is -3.52. The summed E-state index contributed by atoms with van der Waals surface area (Å²) in [6, 6.07) is 13.6. The van der Waals surface area contributed by atoms with Gasteiger partial charge >= 0.3 is 6.01 Å². The van der Waals surface area contributed by atoms with E-state index < -0.39 is 11.7 Å². The summed E-state index contributed by atoms with van der Waals surface area (Å²) in [4.78, 5) is 23.3. The summed E-state index contributed by atoms with van der Waals surface area (Å²) >= 11 is 0. The van der Waals surface area contributed by atoms with Gasteiger partial charge in [-0.3, -0.25) is 4.79 Å². The zero-order valence-corrected chi connectivity index (χ0v) is 21.9. The van der Waals surface area contributed by atoms with E-state index >= 15 is 0 Å². The van der Waals surface area contributed by atoms with E-state index in [2.05, 4.69) is 64.5 Å². The van der Waals surface area contributed by atoms with Crippen molar-refractivity contribution < 1.29 is 13.9 Å². The van der Waals surface area contributed by atoms with Crippen LogP contribution in [-0.4, -0.2) is 60.1 Å². The Bertz CT molecular complexity index is 1400. The number of fused-ring (bicyclic) bond motifs is 2. The molecule has 1 atom stereocenters. The van der Waals surface area contributed by atoms with Crippen LogP contribution in [0.2, 0.25) is 0 Å². The van der Waals surface area contributed by atoms with Crippen molar-refractivity contribution in [1.29, 1.82) is 0 Å². The van der Waals surface area contributed by atoms with E-state index in [1.165, 1.54) is 42.4 Å². The summed E-state index contributed by atoms with van der Waals surface area (Å²) in [5, 5.41) is 6.63. The number of ether oxygens (including phenoxy) is 1. The number of halogens is 1. The van der Waals surface area contributed by atoms with E-state index in [1.54, 1.807) is 0 Å². The summed E-state index contributed by atoms with van der Waals surface area (Å²) in [7, 11) is 2.12. The minimum atomic E-state index is -1.00. The van der Waals surface area contributed by atoms with Gasteiger partial charge in [0.15, 0.2) is 5.83 Å². The van der Waals surface area contributed by atoms with Gasteiger partial charge in [0.05, 0.1) is 5.52 Å². The summed E-state index contributed by atoms with van der Waals surface area (Å²) in [5.74, 6) is -1.19. The van der Waals surface area contributed by atoms with Gasteiger partial charge in [0.1, 0.15) is 12.4 Å². The molecule has 2 fully saturated rings. The van der Waals surface area contributed by atoms with Crippen molar-refractivity contribution in [1.82, 2.24) is 20.2 Å². The highest BCUT2D eigenvalue weighted by atomic mass is 19.1. The normalized spacial score (nSPS) is 19.5. The molecule has 6 rings (SSSR count). The Morgan fingerprint density at radius 2 is 2.08 bits per heavy atom. The number of carbonyl (C=O) groups is 1. The fourth-order valence-electron chi connectivity index (χ4n) is 5.94. The van der Waals surface area contributed by atoms with Gasteiger partial charge in [-0.2, -0.15) is 9.97 Å². The van der Waals surface area contributed by atoms with Crippen molar-refractivity contribution >= 4 is 22.6 Å². The number of hydrogen-bond acceptors (Lipinski definition) is 6. The molecule has 0 bridgehead atoms. The molecule has 2 N–H and O–H groups in total. The number of rotatable bonds is 9. The fourth-order valence-corrected chi connectivity index (χ4v) is 5.94. The first-order valence-electron chi connectivity index (χ1n) is 13.5. The van der Waals surface area contributed by atoms with Crippen LogP contribution in [0.5, 0.6) is 6.01 Å². The van der Waals surface area contributed by atoms with Gasteiger partial charge in [-0.1, -0.05) is 30.8 Å². The van der Waals surface area contributed by atoms with Crippen LogP contribution in [0.1, 0.15) is 36.8 Å². The monoisotopic (exact) mass is 515 g/mol. The second-order valence-corrected chi connectivity index (χ2v) is 11.1. The number of aromatic nitrogens is 2. The third kappa shape index (κ3) is 4.97. The van der Waals surface area contributed by atoms with E-state index in [-0.39, 0.29) is 6.54 Å². The van der Waals surface area contributed by atoms with E-state index in [1.807, 2.05) is 6.07 Å². The van der Waals surface area contributed by atoms with Gasteiger partial charge in [0.25, 0.3) is 5.91 Å². The van der Waals surface area contributed by atoms with Crippen molar-refractivity contribution in [2.45, 2.75) is 44.6 Å². The van der Waals surface area contributed by atoms with Crippen LogP contribution in [-0.2, 0) is 17.6 Å². The number of hydrogen-bond donors (Lipinski definition) is 2. The molecule has 1 saturated heterocycles. The lowest BCUT2D eigenvalue weighted by Crippen LogP contribution is -2.31. The largest absolute Gasteiger partial charge is 0.462 e. The first-order chi connectivity index (χ1) is 18.4. The maximum Gasteiger partial charge on any atom is 0.318 e. The van der Waals surface area contributed by atoms with Crippen molar-refractivity contribution in [3.63, 3.8) is 0 Å². The molecule has 2 heterocycles. The third-order valence-electron chi connectivity index (χ3n) is 8.36. The Balaban J connectivity index is 1.29. The second kappa shape index (κ2) is 9.98. The minimum absolute atomic E-state index is 0.228. The molecular weight excluding hydrogens is 481 g/mol. The topological polar surface area (TPSA) is 79.4 Å². The Labute approximate surface area is 222 Å². The van der Waals surface area contributed by atoms with Gasteiger partial charge in [-0.05, 0) is 91.9 Å². The molecule has 1 amide bonds. The minimum Gasteiger partial charge on any atom is -0.462 e. The Morgan fingerprint density at radius 3 is 2.84 bits per heavy atom. The lowest BCUT2D eigenvalue weighted by molar-refractivity contribution is -0.118. The zero-order chi connectivity index (χ0) is 26.3. The number of anilines is 1. The van der Waals surface area contributed by atoms with Crippen molar-refractivity contribution in [2.24, 2.45) is 5.41 Å². The molecule has 1 saturated carbocycles. The van der Waals surface area contributed by atoms with Crippen LogP contribution in [0.4, 0.5) is 10.2 Å². The van der Waals surface area contributed by atoms with Crippen molar-refractivity contribution in [3.8, 4) is 17.1 Å². The number of likely N-dealkylation sites (tertiary alicyclic amines) is 1. The molecule has 3 aromatic rings. The van der Waals surface area contributed by atoms with Gasteiger partial charge in [0.2, 0.25) is 0 Å². The SMILES string of the molecule is C=C(F)C(=O)NCCNc1nc(OC[C@@H]2CCCN2C)nc2cc(-c3cccc4c3CC3(CC3)C4)ccc12. The lowest BCUT2D eigenvalue weighted by atomic mass is 9.95.